The first kappa shape index (κ1) is 9.19. The van der Waals surface area contributed by atoms with Crippen molar-refractivity contribution in [2.45, 2.75) is 6.92 Å². The normalized spacial score (nSPS) is 9.92. The Kier molecular flexibility index (Phi) is 2.47. The van der Waals surface area contributed by atoms with Crippen LogP contribution in [-0.4, -0.2) is 10.8 Å². The molecule has 0 radical (unpaired) electrons. The minimum Gasteiger partial charge on any atom is -0.507 e. The Morgan fingerprint density at radius 2 is 2.17 bits per heavy atom. The second-order valence-corrected chi connectivity index (χ2v) is 3.26. The summed E-state index contributed by atoms with van der Waals surface area (Å²) in [7, 11) is 0. The van der Waals surface area contributed by atoms with Crippen molar-refractivity contribution in [2.75, 3.05) is 0 Å². The zero-order chi connectivity index (χ0) is 9.30. The van der Waals surface area contributed by atoms with Gasteiger partial charge in [-0.3, -0.25) is 0 Å². The van der Waals surface area contributed by atoms with Gasteiger partial charge in [-0.05, 0) is 28.9 Å². The van der Waals surface area contributed by atoms with Crippen LogP contribution in [0.5, 0.6) is 5.75 Å². The third-order valence-corrected chi connectivity index (χ3v) is 2.05. The highest BCUT2D eigenvalue weighted by Crippen LogP contribution is 2.25. The summed E-state index contributed by atoms with van der Waals surface area (Å²) in [5.41, 5.74) is 0.538. The highest BCUT2D eigenvalue weighted by molar-refractivity contribution is 9.10. The van der Waals surface area contributed by atoms with Gasteiger partial charge in [-0.1, -0.05) is 0 Å². The molecule has 2 N–H and O–H groups in total. The molecule has 2 nitrogen and oxygen atoms in total. The topological polar surface area (TPSA) is 44.1 Å². The number of phenolic OH excluding ortho intramolecular Hbond substituents is 1. The van der Waals surface area contributed by atoms with Crippen LogP contribution in [0.25, 0.3) is 0 Å². The lowest BCUT2D eigenvalue weighted by Crippen LogP contribution is -1.93. The molecule has 0 saturated carbocycles. The average molecular weight is 232 g/mol. The molecule has 0 bridgehead atoms. The van der Waals surface area contributed by atoms with Gasteiger partial charge in [0, 0.05) is 17.3 Å². The first-order chi connectivity index (χ1) is 5.52. The maximum absolute atomic E-state index is 12.7. The monoisotopic (exact) mass is 231 g/mol. The van der Waals surface area contributed by atoms with Gasteiger partial charge in [0.15, 0.2) is 0 Å². The quantitative estimate of drug-likeness (QED) is 0.718. The lowest BCUT2D eigenvalue weighted by atomic mass is 10.1. The van der Waals surface area contributed by atoms with Crippen molar-refractivity contribution in [1.82, 2.24) is 0 Å². The molecule has 4 heteroatoms. The van der Waals surface area contributed by atoms with Gasteiger partial charge in [-0.15, -0.1) is 0 Å². The standard InChI is InChI=1S/C8H7BrFNO/c1-4(11)5-2-6(9)7(10)3-8(5)12/h2-3,11-12H,1H3. The summed E-state index contributed by atoms with van der Waals surface area (Å²) in [5, 5.41) is 16.4. The second-order valence-electron chi connectivity index (χ2n) is 2.41. The number of hydrogen-bond acceptors (Lipinski definition) is 2. The van der Waals surface area contributed by atoms with Crippen LogP contribution in [-0.2, 0) is 0 Å². The maximum Gasteiger partial charge on any atom is 0.141 e. The summed E-state index contributed by atoms with van der Waals surface area (Å²) in [6.07, 6.45) is 0. The minimum atomic E-state index is -0.530. The fraction of sp³-hybridized carbons (Fsp3) is 0.125. The number of hydrogen-bond donors (Lipinski definition) is 2. The van der Waals surface area contributed by atoms with Gasteiger partial charge in [0.05, 0.1) is 4.47 Å². The van der Waals surface area contributed by atoms with Crippen LogP contribution in [0.1, 0.15) is 12.5 Å². The van der Waals surface area contributed by atoms with Crippen molar-refractivity contribution in [2.24, 2.45) is 0 Å². The fourth-order valence-electron chi connectivity index (χ4n) is 0.837. The molecule has 0 atom stereocenters. The molecule has 0 heterocycles. The Morgan fingerprint density at radius 1 is 1.58 bits per heavy atom. The zero-order valence-electron chi connectivity index (χ0n) is 6.36. The van der Waals surface area contributed by atoms with Crippen molar-refractivity contribution in [3.05, 3.63) is 28.0 Å². The molecule has 0 saturated heterocycles. The van der Waals surface area contributed by atoms with E-state index in [1.165, 1.54) is 13.0 Å². The summed E-state index contributed by atoms with van der Waals surface area (Å²) in [6, 6.07) is 2.37. The second kappa shape index (κ2) is 3.23. The van der Waals surface area contributed by atoms with Crippen molar-refractivity contribution in [1.29, 1.82) is 5.41 Å². The number of phenols is 1. The van der Waals surface area contributed by atoms with E-state index < -0.39 is 5.82 Å². The molecule has 1 rings (SSSR count). The smallest absolute Gasteiger partial charge is 0.141 e. The highest BCUT2D eigenvalue weighted by atomic mass is 79.9. The summed E-state index contributed by atoms with van der Waals surface area (Å²) in [4.78, 5) is 0. The molecule has 1 aromatic carbocycles. The van der Waals surface area contributed by atoms with E-state index >= 15 is 0 Å². The van der Waals surface area contributed by atoms with E-state index in [0.29, 0.717) is 5.56 Å². The van der Waals surface area contributed by atoms with Crippen LogP contribution in [0.15, 0.2) is 16.6 Å². The molecule has 0 unspecified atom stereocenters. The van der Waals surface area contributed by atoms with Crippen molar-refractivity contribution < 1.29 is 9.50 Å². The van der Waals surface area contributed by atoms with Gasteiger partial charge in [0.25, 0.3) is 0 Å². The number of aromatic hydroxyl groups is 1. The van der Waals surface area contributed by atoms with Crippen LogP contribution in [0.2, 0.25) is 0 Å². The van der Waals surface area contributed by atoms with Crippen LogP contribution >= 0.6 is 15.9 Å². The van der Waals surface area contributed by atoms with Crippen LogP contribution in [0, 0.1) is 11.2 Å². The first-order valence-electron chi connectivity index (χ1n) is 3.26. The zero-order valence-corrected chi connectivity index (χ0v) is 7.94. The molecule has 0 spiro atoms. The molecule has 0 fully saturated rings. The predicted octanol–water partition coefficient (Wildman–Crippen LogP) is 2.68. The third kappa shape index (κ3) is 1.64. The molecule has 0 aliphatic carbocycles. The van der Waals surface area contributed by atoms with Crippen LogP contribution in [0.3, 0.4) is 0 Å². The number of rotatable bonds is 1. The Balaban J connectivity index is 3.33. The van der Waals surface area contributed by atoms with E-state index in [9.17, 15) is 9.50 Å². The van der Waals surface area contributed by atoms with Gasteiger partial charge in [-0.2, -0.15) is 0 Å². The summed E-state index contributed by atoms with van der Waals surface area (Å²) >= 11 is 2.97. The summed E-state index contributed by atoms with van der Waals surface area (Å²) in [5.74, 6) is -0.735. The molecule has 0 aromatic heterocycles. The number of benzene rings is 1. The maximum atomic E-state index is 12.7. The van der Waals surface area contributed by atoms with Gasteiger partial charge < -0.3 is 10.5 Å². The molecule has 64 valence electrons. The lowest BCUT2D eigenvalue weighted by molar-refractivity contribution is 0.467. The van der Waals surface area contributed by atoms with E-state index in [1.807, 2.05) is 0 Å². The minimum absolute atomic E-state index is 0.202. The van der Waals surface area contributed by atoms with Gasteiger partial charge >= 0.3 is 0 Å². The van der Waals surface area contributed by atoms with E-state index in [2.05, 4.69) is 15.9 Å². The molecular weight excluding hydrogens is 225 g/mol. The van der Waals surface area contributed by atoms with Crippen molar-refractivity contribution in [3.63, 3.8) is 0 Å². The lowest BCUT2D eigenvalue weighted by Gasteiger charge is -2.03. The largest absolute Gasteiger partial charge is 0.507 e. The van der Waals surface area contributed by atoms with Gasteiger partial charge in [0.1, 0.15) is 11.6 Å². The third-order valence-electron chi connectivity index (χ3n) is 1.44. The molecule has 12 heavy (non-hydrogen) atoms. The Morgan fingerprint density at radius 3 is 2.67 bits per heavy atom. The fourth-order valence-corrected chi connectivity index (χ4v) is 1.18. The average Bonchev–Trinajstić information content (AvgIpc) is 1.96. The van der Waals surface area contributed by atoms with Crippen LogP contribution in [0.4, 0.5) is 4.39 Å². The summed E-state index contributed by atoms with van der Waals surface area (Å²) in [6.45, 7) is 1.53. The molecule has 1 aromatic rings. The SMILES string of the molecule is CC(=N)c1cc(Br)c(F)cc1O. The molecule has 0 aliphatic heterocycles. The molecule has 0 aliphatic rings. The van der Waals surface area contributed by atoms with Crippen LogP contribution < -0.4 is 0 Å². The van der Waals surface area contributed by atoms with Crippen molar-refractivity contribution >= 4 is 21.6 Å². The van der Waals surface area contributed by atoms with E-state index in [-0.39, 0.29) is 15.9 Å². The van der Waals surface area contributed by atoms with E-state index in [1.54, 1.807) is 0 Å². The number of halogens is 2. The van der Waals surface area contributed by atoms with E-state index in [0.717, 1.165) is 6.07 Å². The Hall–Kier alpha value is -0.900. The molecular formula is C8H7BrFNO. The van der Waals surface area contributed by atoms with Gasteiger partial charge in [0.2, 0.25) is 0 Å². The van der Waals surface area contributed by atoms with Crippen molar-refractivity contribution in [3.8, 4) is 5.75 Å². The summed E-state index contributed by atoms with van der Waals surface area (Å²) < 4.78 is 13.0. The molecule has 0 amide bonds. The Labute approximate surface area is 77.7 Å². The first-order valence-corrected chi connectivity index (χ1v) is 4.05. The highest BCUT2D eigenvalue weighted by Gasteiger charge is 2.08. The predicted molar refractivity (Wildman–Crippen MR) is 48.3 cm³/mol. The van der Waals surface area contributed by atoms with E-state index in [4.69, 9.17) is 5.41 Å². The Bertz CT molecular complexity index is 338. The number of nitrogens with one attached hydrogen (secondary N) is 1. The van der Waals surface area contributed by atoms with Gasteiger partial charge in [-0.25, -0.2) is 4.39 Å².